The van der Waals surface area contributed by atoms with Crippen molar-refractivity contribution in [3.63, 3.8) is 0 Å². The fourth-order valence-electron chi connectivity index (χ4n) is 2.43. The third-order valence-corrected chi connectivity index (χ3v) is 5.61. The molecule has 118 valence electrons. The number of hydrogen-bond acceptors (Lipinski definition) is 4. The minimum absolute atomic E-state index is 0.247. The molecule has 1 aliphatic heterocycles. The van der Waals surface area contributed by atoms with Crippen LogP contribution < -0.4 is 5.32 Å². The SMILES string of the molecule is CN(C)S(=O)(=O)c1ccccc1CNC[C@@H]1CCCCO1. The van der Waals surface area contributed by atoms with Crippen LogP contribution >= 0.6 is 0 Å². The highest BCUT2D eigenvalue weighted by molar-refractivity contribution is 7.89. The van der Waals surface area contributed by atoms with Crippen molar-refractivity contribution < 1.29 is 13.2 Å². The standard InChI is InChI=1S/C15H24N2O3S/c1-17(2)21(18,19)15-9-4-3-7-13(15)11-16-12-14-8-5-6-10-20-14/h3-4,7,9,14,16H,5-6,8,10-12H2,1-2H3/t14-/m0/s1. The van der Waals surface area contributed by atoms with Crippen LogP contribution in [0, 0.1) is 0 Å². The highest BCUT2D eigenvalue weighted by Gasteiger charge is 2.20. The molecule has 0 aliphatic carbocycles. The quantitative estimate of drug-likeness (QED) is 0.867. The smallest absolute Gasteiger partial charge is 0.242 e. The summed E-state index contributed by atoms with van der Waals surface area (Å²) < 4.78 is 31.5. The summed E-state index contributed by atoms with van der Waals surface area (Å²) in [5, 5.41) is 3.31. The van der Waals surface area contributed by atoms with Gasteiger partial charge in [0.15, 0.2) is 0 Å². The van der Waals surface area contributed by atoms with Crippen molar-refractivity contribution in [2.24, 2.45) is 0 Å². The van der Waals surface area contributed by atoms with E-state index < -0.39 is 10.0 Å². The van der Waals surface area contributed by atoms with E-state index in [0.717, 1.165) is 31.6 Å². The summed E-state index contributed by atoms with van der Waals surface area (Å²) in [6.45, 7) is 2.12. The van der Waals surface area contributed by atoms with Gasteiger partial charge in [-0.2, -0.15) is 0 Å². The summed E-state index contributed by atoms with van der Waals surface area (Å²) in [6.07, 6.45) is 3.67. The van der Waals surface area contributed by atoms with E-state index in [4.69, 9.17) is 4.74 Å². The molecule has 21 heavy (non-hydrogen) atoms. The molecule has 1 saturated heterocycles. The van der Waals surface area contributed by atoms with Crippen molar-refractivity contribution in [1.82, 2.24) is 9.62 Å². The van der Waals surface area contributed by atoms with Gasteiger partial charge >= 0.3 is 0 Å². The lowest BCUT2D eigenvalue weighted by atomic mass is 10.1. The number of benzene rings is 1. The fraction of sp³-hybridized carbons (Fsp3) is 0.600. The summed E-state index contributed by atoms with van der Waals surface area (Å²) >= 11 is 0. The lowest BCUT2D eigenvalue weighted by Gasteiger charge is -2.23. The molecule has 1 heterocycles. The zero-order valence-electron chi connectivity index (χ0n) is 12.7. The molecule has 1 aliphatic rings. The fourth-order valence-corrected chi connectivity index (χ4v) is 3.55. The van der Waals surface area contributed by atoms with Gasteiger partial charge < -0.3 is 10.1 Å². The third-order valence-electron chi connectivity index (χ3n) is 3.69. The molecular weight excluding hydrogens is 288 g/mol. The maximum Gasteiger partial charge on any atom is 0.242 e. The van der Waals surface area contributed by atoms with Crippen molar-refractivity contribution in [2.75, 3.05) is 27.2 Å². The van der Waals surface area contributed by atoms with Gasteiger partial charge in [-0.15, -0.1) is 0 Å². The number of ether oxygens (including phenoxy) is 1. The summed E-state index contributed by atoms with van der Waals surface area (Å²) in [4.78, 5) is 0.368. The van der Waals surface area contributed by atoms with Crippen LogP contribution in [0.25, 0.3) is 0 Å². The second kappa shape index (κ2) is 7.35. The molecule has 0 spiro atoms. The van der Waals surface area contributed by atoms with Crippen molar-refractivity contribution in [3.05, 3.63) is 29.8 Å². The van der Waals surface area contributed by atoms with E-state index in [1.807, 2.05) is 12.1 Å². The molecule has 0 aromatic heterocycles. The van der Waals surface area contributed by atoms with Gasteiger partial charge in [-0.25, -0.2) is 12.7 Å². The first-order valence-corrected chi connectivity index (χ1v) is 8.78. The molecular formula is C15H24N2O3S. The van der Waals surface area contributed by atoms with Crippen LogP contribution in [0.15, 0.2) is 29.2 Å². The summed E-state index contributed by atoms with van der Waals surface area (Å²) in [5.74, 6) is 0. The van der Waals surface area contributed by atoms with E-state index in [9.17, 15) is 8.42 Å². The Morgan fingerprint density at radius 2 is 2.05 bits per heavy atom. The Hall–Kier alpha value is -0.950. The number of nitrogens with one attached hydrogen (secondary N) is 1. The Balaban J connectivity index is 2.00. The van der Waals surface area contributed by atoms with E-state index in [1.165, 1.54) is 10.7 Å². The van der Waals surface area contributed by atoms with Crippen molar-refractivity contribution in [3.8, 4) is 0 Å². The predicted molar refractivity (Wildman–Crippen MR) is 82.6 cm³/mol. The first-order chi connectivity index (χ1) is 10.0. The van der Waals surface area contributed by atoms with Gasteiger partial charge in [-0.3, -0.25) is 0 Å². The molecule has 0 unspecified atom stereocenters. The van der Waals surface area contributed by atoms with Crippen LogP contribution in [0.4, 0.5) is 0 Å². The Morgan fingerprint density at radius 3 is 2.71 bits per heavy atom. The Bertz CT molecular complexity index is 552. The summed E-state index contributed by atoms with van der Waals surface area (Å²) in [5.41, 5.74) is 0.794. The molecule has 2 rings (SSSR count). The number of sulfonamides is 1. The molecule has 1 N–H and O–H groups in total. The monoisotopic (exact) mass is 312 g/mol. The second-order valence-corrected chi connectivity index (χ2v) is 7.63. The maximum absolute atomic E-state index is 12.3. The average molecular weight is 312 g/mol. The van der Waals surface area contributed by atoms with E-state index in [1.54, 1.807) is 26.2 Å². The zero-order valence-corrected chi connectivity index (χ0v) is 13.5. The van der Waals surface area contributed by atoms with Gasteiger partial charge in [0.25, 0.3) is 0 Å². The molecule has 1 atom stereocenters. The van der Waals surface area contributed by atoms with Gasteiger partial charge in [0, 0.05) is 33.8 Å². The molecule has 1 aromatic rings. The first-order valence-electron chi connectivity index (χ1n) is 7.34. The third kappa shape index (κ3) is 4.26. The molecule has 0 amide bonds. The molecule has 0 radical (unpaired) electrons. The molecule has 5 nitrogen and oxygen atoms in total. The molecule has 0 bridgehead atoms. The normalized spacial score (nSPS) is 19.9. The van der Waals surface area contributed by atoms with E-state index in [-0.39, 0.29) is 6.10 Å². The van der Waals surface area contributed by atoms with Crippen LogP contribution in [-0.4, -0.2) is 46.1 Å². The Labute approximate surface area is 127 Å². The maximum atomic E-state index is 12.3. The molecule has 1 fully saturated rings. The highest BCUT2D eigenvalue weighted by Crippen LogP contribution is 2.18. The van der Waals surface area contributed by atoms with E-state index >= 15 is 0 Å². The van der Waals surface area contributed by atoms with Crippen LogP contribution in [0.5, 0.6) is 0 Å². The topological polar surface area (TPSA) is 58.6 Å². The first kappa shape index (κ1) is 16.4. The Morgan fingerprint density at radius 1 is 1.29 bits per heavy atom. The van der Waals surface area contributed by atoms with Crippen molar-refractivity contribution in [1.29, 1.82) is 0 Å². The minimum atomic E-state index is -3.40. The van der Waals surface area contributed by atoms with Crippen molar-refractivity contribution >= 4 is 10.0 Å². The molecule has 0 saturated carbocycles. The van der Waals surface area contributed by atoms with E-state index in [0.29, 0.717) is 11.4 Å². The van der Waals surface area contributed by atoms with Gasteiger partial charge in [0.1, 0.15) is 0 Å². The highest BCUT2D eigenvalue weighted by atomic mass is 32.2. The summed E-state index contributed by atoms with van der Waals surface area (Å²) in [6, 6.07) is 7.13. The predicted octanol–water partition coefficient (Wildman–Crippen LogP) is 1.60. The summed E-state index contributed by atoms with van der Waals surface area (Å²) in [7, 11) is -0.299. The minimum Gasteiger partial charge on any atom is -0.377 e. The molecule has 1 aromatic carbocycles. The van der Waals surface area contributed by atoms with Gasteiger partial charge in [0.2, 0.25) is 10.0 Å². The number of rotatable bonds is 6. The number of nitrogens with zero attached hydrogens (tertiary/aromatic N) is 1. The number of hydrogen-bond donors (Lipinski definition) is 1. The second-order valence-electron chi connectivity index (χ2n) is 5.51. The zero-order chi connectivity index (χ0) is 15.3. The Kier molecular flexibility index (Phi) is 5.75. The lowest BCUT2D eigenvalue weighted by molar-refractivity contribution is 0.0167. The van der Waals surface area contributed by atoms with Gasteiger partial charge in [-0.1, -0.05) is 18.2 Å². The van der Waals surface area contributed by atoms with Crippen molar-refractivity contribution in [2.45, 2.75) is 36.8 Å². The van der Waals surface area contributed by atoms with Crippen LogP contribution in [0.1, 0.15) is 24.8 Å². The van der Waals surface area contributed by atoms with Gasteiger partial charge in [-0.05, 0) is 30.9 Å². The van der Waals surface area contributed by atoms with Crippen LogP contribution in [0.2, 0.25) is 0 Å². The van der Waals surface area contributed by atoms with Gasteiger partial charge in [0.05, 0.1) is 11.0 Å². The lowest BCUT2D eigenvalue weighted by Crippen LogP contribution is -2.32. The van der Waals surface area contributed by atoms with E-state index in [2.05, 4.69) is 5.32 Å². The molecule has 6 heteroatoms. The largest absolute Gasteiger partial charge is 0.377 e. The average Bonchev–Trinajstić information content (AvgIpc) is 2.48. The van der Waals surface area contributed by atoms with Crippen LogP contribution in [0.3, 0.4) is 0 Å². The van der Waals surface area contributed by atoms with Crippen LogP contribution in [-0.2, 0) is 21.3 Å².